The van der Waals surface area contributed by atoms with Crippen molar-refractivity contribution in [1.82, 2.24) is 10.4 Å². The van der Waals surface area contributed by atoms with E-state index in [-0.39, 0.29) is 18.1 Å². The Hall–Kier alpha value is -4.09. The second kappa shape index (κ2) is 12.0. The van der Waals surface area contributed by atoms with Crippen LogP contribution in [0.25, 0.3) is 0 Å². The Bertz CT molecular complexity index is 1370. The fraction of sp³-hybridized carbons (Fsp3) is 0.148. The van der Waals surface area contributed by atoms with Gasteiger partial charge in [0.25, 0.3) is 11.8 Å². The lowest BCUT2D eigenvalue weighted by Crippen LogP contribution is -2.49. The lowest BCUT2D eigenvalue weighted by Gasteiger charge is -2.24. The third kappa shape index (κ3) is 6.06. The number of carbonyl (C=O) groups excluding carboxylic acids is 4. The second-order valence-electron chi connectivity index (χ2n) is 8.18. The molecule has 1 aliphatic heterocycles. The first-order valence-electron chi connectivity index (χ1n) is 11.6. The molecule has 4 rings (SSSR count). The molecule has 0 radical (unpaired) electrons. The van der Waals surface area contributed by atoms with Gasteiger partial charge in [-0.3, -0.25) is 24.7 Å². The van der Waals surface area contributed by atoms with E-state index in [1.54, 1.807) is 73.7 Å². The number of thiocarbonyl (C=S) groups is 1. The number of nitrogens with zero attached hydrogens (tertiary/aromatic N) is 2. The van der Waals surface area contributed by atoms with E-state index >= 15 is 0 Å². The molecular weight excluding hydrogens is 572 g/mol. The van der Waals surface area contributed by atoms with Gasteiger partial charge in [-0.2, -0.15) is 0 Å². The summed E-state index contributed by atoms with van der Waals surface area (Å²) in [5.74, 6) is -1.88. The lowest BCUT2D eigenvalue weighted by atomic mass is 10.1. The topological polar surface area (TPSA) is 108 Å². The van der Waals surface area contributed by atoms with Crippen LogP contribution in [-0.4, -0.2) is 46.5 Å². The standard InChI is InChI=1S/C27H23BrN4O5S/c1-2-37-26(36)18-10-14-20(15-11-18)29-23(33)16-22-25(35)31(21-6-4-3-5-7-21)27(38)32(22)30-24(34)17-8-12-19(28)13-9-17/h3-15,22H,2,16H2,1H3,(H,29,33)(H,30,34). The van der Waals surface area contributed by atoms with Crippen molar-refractivity contribution in [2.24, 2.45) is 0 Å². The third-order valence-electron chi connectivity index (χ3n) is 5.62. The van der Waals surface area contributed by atoms with Crippen molar-refractivity contribution in [2.45, 2.75) is 19.4 Å². The van der Waals surface area contributed by atoms with Crippen molar-refractivity contribution in [3.8, 4) is 0 Å². The highest BCUT2D eigenvalue weighted by Crippen LogP contribution is 2.26. The third-order valence-corrected chi connectivity index (χ3v) is 6.52. The van der Waals surface area contributed by atoms with Gasteiger partial charge < -0.3 is 10.1 Å². The van der Waals surface area contributed by atoms with E-state index < -0.39 is 29.7 Å². The highest BCUT2D eigenvalue weighted by molar-refractivity contribution is 9.10. The van der Waals surface area contributed by atoms with E-state index in [1.807, 2.05) is 0 Å². The van der Waals surface area contributed by atoms with Gasteiger partial charge in [0.05, 0.1) is 24.3 Å². The number of hydrogen-bond donors (Lipinski definition) is 2. The highest BCUT2D eigenvalue weighted by Gasteiger charge is 2.45. The summed E-state index contributed by atoms with van der Waals surface area (Å²) >= 11 is 8.90. The molecule has 1 saturated heterocycles. The number of halogens is 1. The van der Waals surface area contributed by atoms with E-state index in [0.717, 1.165) is 4.47 Å². The number of benzene rings is 3. The van der Waals surface area contributed by atoms with Crippen LogP contribution >= 0.6 is 28.1 Å². The number of carbonyl (C=O) groups is 4. The number of rotatable bonds is 8. The molecular formula is C27H23BrN4O5S. The van der Waals surface area contributed by atoms with Crippen molar-refractivity contribution in [2.75, 3.05) is 16.8 Å². The Labute approximate surface area is 232 Å². The number of amides is 3. The van der Waals surface area contributed by atoms with Crippen molar-refractivity contribution < 1.29 is 23.9 Å². The second-order valence-corrected chi connectivity index (χ2v) is 9.46. The fourth-order valence-corrected chi connectivity index (χ4v) is 4.41. The van der Waals surface area contributed by atoms with Crippen molar-refractivity contribution in [3.63, 3.8) is 0 Å². The minimum Gasteiger partial charge on any atom is -0.462 e. The van der Waals surface area contributed by atoms with Gasteiger partial charge in [0.1, 0.15) is 6.04 Å². The smallest absolute Gasteiger partial charge is 0.338 e. The number of nitrogens with one attached hydrogen (secondary N) is 2. The molecule has 1 heterocycles. The average Bonchev–Trinajstić information content (AvgIpc) is 3.13. The lowest BCUT2D eigenvalue weighted by molar-refractivity contribution is -0.124. The number of hydrazine groups is 1. The van der Waals surface area contributed by atoms with Crippen LogP contribution in [0.15, 0.2) is 83.3 Å². The van der Waals surface area contributed by atoms with E-state index in [0.29, 0.717) is 22.5 Å². The number of ether oxygens (including phenoxy) is 1. The molecule has 11 heteroatoms. The summed E-state index contributed by atoms with van der Waals surface area (Å²) in [4.78, 5) is 52.6. The Morgan fingerprint density at radius 1 is 0.947 bits per heavy atom. The molecule has 0 bridgehead atoms. The van der Waals surface area contributed by atoms with Crippen LogP contribution in [0.1, 0.15) is 34.1 Å². The maximum absolute atomic E-state index is 13.5. The largest absolute Gasteiger partial charge is 0.462 e. The van der Waals surface area contributed by atoms with Gasteiger partial charge in [-0.1, -0.05) is 34.1 Å². The van der Waals surface area contributed by atoms with Crippen molar-refractivity contribution >= 4 is 68.3 Å². The molecule has 1 unspecified atom stereocenters. The Morgan fingerprint density at radius 3 is 2.21 bits per heavy atom. The molecule has 0 saturated carbocycles. The van der Waals surface area contributed by atoms with Gasteiger partial charge in [-0.15, -0.1) is 0 Å². The molecule has 1 aliphatic rings. The van der Waals surface area contributed by atoms with E-state index in [9.17, 15) is 19.2 Å². The molecule has 38 heavy (non-hydrogen) atoms. The minimum absolute atomic E-state index is 0.0447. The molecule has 0 aromatic heterocycles. The number of hydrogen-bond acceptors (Lipinski definition) is 6. The first-order chi connectivity index (χ1) is 18.3. The van der Waals surface area contributed by atoms with E-state index in [4.69, 9.17) is 17.0 Å². The predicted molar refractivity (Wildman–Crippen MR) is 149 cm³/mol. The quantitative estimate of drug-likeness (QED) is 0.295. The zero-order valence-electron chi connectivity index (χ0n) is 20.2. The van der Waals surface area contributed by atoms with Gasteiger partial charge in [0, 0.05) is 15.7 Å². The zero-order valence-corrected chi connectivity index (χ0v) is 22.6. The summed E-state index contributed by atoms with van der Waals surface area (Å²) in [6.45, 7) is 1.97. The molecule has 3 aromatic carbocycles. The number of esters is 1. The van der Waals surface area contributed by atoms with Crippen LogP contribution in [0.4, 0.5) is 11.4 Å². The summed E-state index contributed by atoms with van der Waals surface area (Å²) in [5.41, 5.74) is 4.34. The molecule has 0 aliphatic carbocycles. The van der Waals surface area contributed by atoms with Crippen LogP contribution in [0, 0.1) is 0 Å². The van der Waals surface area contributed by atoms with Crippen LogP contribution < -0.4 is 15.6 Å². The average molecular weight is 595 g/mol. The first kappa shape index (κ1) is 27.0. The Balaban J connectivity index is 1.53. The van der Waals surface area contributed by atoms with Crippen molar-refractivity contribution in [3.05, 3.63) is 94.5 Å². The van der Waals surface area contributed by atoms with Crippen LogP contribution in [0.2, 0.25) is 0 Å². The Kier molecular flexibility index (Phi) is 8.49. The summed E-state index contributed by atoms with van der Waals surface area (Å²) < 4.78 is 5.77. The fourth-order valence-electron chi connectivity index (χ4n) is 3.78. The van der Waals surface area contributed by atoms with Gasteiger partial charge in [0.15, 0.2) is 0 Å². The van der Waals surface area contributed by atoms with Crippen LogP contribution in [-0.2, 0) is 14.3 Å². The Morgan fingerprint density at radius 2 is 1.58 bits per heavy atom. The number of anilines is 2. The SMILES string of the molecule is CCOC(=O)c1ccc(NC(=O)CC2C(=O)N(c3ccccc3)C(=S)N2NC(=O)c2ccc(Br)cc2)cc1. The molecule has 0 spiro atoms. The maximum atomic E-state index is 13.5. The monoisotopic (exact) mass is 594 g/mol. The molecule has 3 amide bonds. The highest BCUT2D eigenvalue weighted by atomic mass is 79.9. The van der Waals surface area contributed by atoms with Gasteiger partial charge >= 0.3 is 5.97 Å². The van der Waals surface area contributed by atoms with Gasteiger partial charge in [-0.05, 0) is 79.8 Å². The first-order valence-corrected chi connectivity index (χ1v) is 12.8. The predicted octanol–water partition coefficient (Wildman–Crippen LogP) is 4.30. The summed E-state index contributed by atoms with van der Waals surface area (Å²) in [6.07, 6.45) is -0.289. The van der Waals surface area contributed by atoms with Gasteiger partial charge in [0.2, 0.25) is 11.0 Å². The zero-order chi connectivity index (χ0) is 27.2. The maximum Gasteiger partial charge on any atom is 0.338 e. The summed E-state index contributed by atoms with van der Waals surface area (Å²) in [7, 11) is 0. The molecule has 194 valence electrons. The molecule has 2 N–H and O–H groups in total. The van der Waals surface area contributed by atoms with Crippen molar-refractivity contribution in [1.29, 1.82) is 0 Å². The molecule has 3 aromatic rings. The molecule has 9 nitrogen and oxygen atoms in total. The van der Waals surface area contributed by atoms with Gasteiger partial charge in [-0.25, -0.2) is 9.80 Å². The van der Waals surface area contributed by atoms with E-state index in [1.165, 1.54) is 22.0 Å². The summed E-state index contributed by atoms with van der Waals surface area (Å²) in [6, 6.07) is 20.5. The number of para-hydroxylation sites is 1. The summed E-state index contributed by atoms with van der Waals surface area (Å²) in [5, 5.41) is 4.01. The van der Waals surface area contributed by atoms with Crippen LogP contribution in [0.3, 0.4) is 0 Å². The normalized spacial score (nSPS) is 14.8. The van der Waals surface area contributed by atoms with E-state index in [2.05, 4.69) is 26.7 Å². The minimum atomic E-state index is -1.08. The molecule has 1 fully saturated rings. The molecule has 1 atom stereocenters. The van der Waals surface area contributed by atoms with Crippen LogP contribution in [0.5, 0.6) is 0 Å².